The molecule has 2 fully saturated rings. The van der Waals surface area contributed by atoms with E-state index in [4.69, 9.17) is 0 Å². The van der Waals surface area contributed by atoms with Crippen molar-refractivity contribution in [1.29, 1.82) is 0 Å². The number of nitrogens with one attached hydrogen (secondary N) is 3. The Balaban J connectivity index is 1.53. The molecule has 25 heavy (non-hydrogen) atoms. The number of amides is 2. The van der Waals surface area contributed by atoms with E-state index in [2.05, 4.69) is 21.1 Å². The zero-order valence-electron chi connectivity index (χ0n) is 13.9. The summed E-state index contributed by atoms with van der Waals surface area (Å²) in [7, 11) is 0. The molecule has 2 aliphatic rings. The Kier molecular flexibility index (Phi) is 5.60. The number of nitrogens with zero attached hydrogens (tertiary/aromatic N) is 1. The van der Waals surface area contributed by atoms with Gasteiger partial charge in [-0.15, -0.1) is 0 Å². The van der Waals surface area contributed by atoms with E-state index in [1.807, 2.05) is 0 Å². The second-order valence-corrected chi connectivity index (χ2v) is 6.57. The highest BCUT2D eigenvalue weighted by molar-refractivity contribution is 5.79. The molecule has 3 rings (SSSR count). The Hall–Kier alpha value is -2.06. The van der Waals surface area contributed by atoms with Gasteiger partial charge in [-0.3, -0.25) is 19.9 Å². The molecule has 0 radical (unpaired) electrons. The van der Waals surface area contributed by atoms with Crippen LogP contribution in [0.1, 0.15) is 24.8 Å². The molecule has 0 bridgehead atoms. The van der Waals surface area contributed by atoms with Crippen molar-refractivity contribution in [2.45, 2.75) is 31.8 Å². The SMILES string of the molecule is O=C1CC(N2CCCC(C(=O)NCc3ccc(F)cc3F)C2)CNN1. The lowest BCUT2D eigenvalue weighted by Gasteiger charge is -2.39. The quantitative estimate of drug-likeness (QED) is 0.745. The molecular formula is C17H22F2N4O2. The van der Waals surface area contributed by atoms with E-state index in [9.17, 15) is 18.4 Å². The average molecular weight is 352 g/mol. The molecule has 2 unspecified atom stereocenters. The molecule has 1 aromatic rings. The van der Waals surface area contributed by atoms with Crippen LogP contribution in [-0.2, 0) is 16.1 Å². The zero-order chi connectivity index (χ0) is 17.8. The van der Waals surface area contributed by atoms with Gasteiger partial charge >= 0.3 is 0 Å². The normalized spacial score (nSPS) is 24.6. The Bertz CT molecular complexity index is 656. The fraction of sp³-hybridized carbons (Fsp3) is 0.529. The van der Waals surface area contributed by atoms with Crippen LogP contribution in [0.15, 0.2) is 18.2 Å². The van der Waals surface area contributed by atoms with E-state index in [1.165, 1.54) is 12.1 Å². The number of hydrazine groups is 1. The Morgan fingerprint density at radius 3 is 2.96 bits per heavy atom. The molecule has 0 aliphatic carbocycles. The third kappa shape index (κ3) is 4.52. The minimum absolute atomic E-state index is 0.0365. The van der Waals surface area contributed by atoms with Gasteiger partial charge in [-0.25, -0.2) is 14.2 Å². The van der Waals surface area contributed by atoms with Gasteiger partial charge in [-0.05, 0) is 25.5 Å². The third-order valence-corrected chi connectivity index (χ3v) is 4.79. The lowest BCUT2D eigenvalue weighted by molar-refractivity contribution is -0.128. The van der Waals surface area contributed by atoms with Gasteiger partial charge in [0.05, 0.1) is 5.92 Å². The predicted molar refractivity (Wildman–Crippen MR) is 87.1 cm³/mol. The zero-order valence-corrected chi connectivity index (χ0v) is 13.9. The number of benzene rings is 1. The molecule has 8 heteroatoms. The highest BCUT2D eigenvalue weighted by Crippen LogP contribution is 2.21. The van der Waals surface area contributed by atoms with E-state index in [0.717, 1.165) is 25.5 Å². The summed E-state index contributed by atoms with van der Waals surface area (Å²) in [6, 6.07) is 3.41. The molecule has 2 atom stereocenters. The Morgan fingerprint density at radius 1 is 1.36 bits per heavy atom. The van der Waals surface area contributed by atoms with Crippen LogP contribution in [0.25, 0.3) is 0 Å². The highest BCUT2D eigenvalue weighted by atomic mass is 19.1. The van der Waals surface area contributed by atoms with Crippen LogP contribution in [0.2, 0.25) is 0 Å². The Morgan fingerprint density at radius 2 is 2.20 bits per heavy atom. The topological polar surface area (TPSA) is 73.5 Å². The molecule has 136 valence electrons. The number of piperidine rings is 1. The molecule has 1 aromatic carbocycles. The van der Waals surface area contributed by atoms with E-state index < -0.39 is 11.6 Å². The van der Waals surface area contributed by atoms with Gasteiger partial charge < -0.3 is 5.32 Å². The van der Waals surface area contributed by atoms with Crippen LogP contribution in [0.3, 0.4) is 0 Å². The van der Waals surface area contributed by atoms with Crippen molar-refractivity contribution in [3.05, 3.63) is 35.4 Å². The first-order chi connectivity index (χ1) is 12.0. The van der Waals surface area contributed by atoms with Gasteiger partial charge in [-0.2, -0.15) is 0 Å². The summed E-state index contributed by atoms with van der Waals surface area (Å²) in [6.07, 6.45) is 2.06. The fourth-order valence-electron chi connectivity index (χ4n) is 3.41. The molecule has 0 saturated carbocycles. The number of halogens is 2. The van der Waals surface area contributed by atoms with Crippen molar-refractivity contribution in [2.75, 3.05) is 19.6 Å². The smallest absolute Gasteiger partial charge is 0.235 e. The maximum absolute atomic E-state index is 13.6. The molecule has 2 heterocycles. The average Bonchev–Trinajstić information content (AvgIpc) is 2.61. The molecule has 6 nitrogen and oxygen atoms in total. The number of carbonyl (C=O) groups is 2. The van der Waals surface area contributed by atoms with Crippen molar-refractivity contribution in [1.82, 2.24) is 21.1 Å². The molecule has 2 amide bonds. The van der Waals surface area contributed by atoms with Gasteiger partial charge in [0, 0.05) is 43.7 Å². The minimum atomic E-state index is -0.662. The van der Waals surface area contributed by atoms with Gasteiger partial charge in [0.15, 0.2) is 0 Å². The second kappa shape index (κ2) is 7.88. The lowest BCUT2D eigenvalue weighted by atomic mass is 9.94. The molecule has 2 aliphatic heterocycles. The van der Waals surface area contributed by atoms with Crippen LogP contribution in [0, 0.1) is 17.6 Å². The summed E-state index contributed by atoms with van der Waals surface area (Å²) >= 11 is 0. The van der Waals surface area contributed by atoms with E-state index in [1.54, 1.807) is 0 Å². The van der Waals surface area contributed by atoms with Crippen molar-refractivity contribution in [2.24, 2.45) is 5.92 Å². The summed E-state index contributed by atoms with van der Waals surface area (Å²) in [6.45, 7) is 2.13. The molecule has 3 N–H and O–H groups in total. The summed E-state index contributed by atoms with van der Waals surface area (Å²) in [5.41, 5.74) is 5.70. The maximum Gasteiger partial charge on any atom is 0.235 e. The van der Waals surface area contributed by atoms with Crippen LogP contribution in [0.4, 0.5) is 8.78 Å². The highest BCUT2D eigenvalue weighted by Gasteiger charge is 2.32. The van der Waals surface area contributed by atoms with Crippen LogP contribution in [0.5, 0.6) is 0 Å². The van der Waals surface area contributed by atoms with Gasteiger partial charge in [0.2, 0.25) is 11.8 Å². The van der Waals surface area contributed by atoms with Crippen LogP contribution in [-0.4, -0.2) is 42.4 Å². The number of carbonyl (C=O) groups excluding carboxylic acids is 2. The number of hydrogen-bond donors (Lipinski definition) is 3. The van der Waals surface area contributed by atoms with E-state index in [-0.39, 0.29) is 35.9 Å². The van der Waals surface area contributed by atoms with Gasteiger partial charge in [-0.1, -0.05) is 6.07 Å². The first kappa shape index (κ1) is 17.8. The first-order valence-corrected chi connectivity index (χ1v) is 8.50. The summed E-state index contributed by atoms with van der Waals surface area (Å²) in [4.78, 5) is 26.1. The number of rotatable bonds is 4. The minimum Gasteiger partial charge on any atom is -0.352 e. The largest absolute Gasteiger partial charge is 0.352 e. The molecule has 0 aromatic heterocycles. The first-order valence-electron chi connectivity index (χ1n) is 8.50. The number of hydrogen-bond acceptors (Lipinski definition) is 4. The van der Waals surface area contributed by atoms with Crippen molar-refractivity contribution in [3.8, 4) is 0 Å². The van der Waals surface area contributed by atoms with Crippen LogP contribution >= 0.6 is 0 Å². The Labute approximate surface area is 144 Å². The summed E-state index contributed by atoms with van der Waals surface area (Å²) in [5, 5.41) is 2.74. The van der Waals surface area contributed by atoms with Gasteiger partial charge in [0.25, 0.3) is 0 Å². The summed E-state index contributed by atoms with van der Waals surface area (Å²) < 4.78 is 26.6. The monoisotopic (exact) mass is 352 g/mol. The fourth-order valence-corrected chi connectivity index (χ4v) is 3.41. The maximum atomic E-state index is 13.6. The molecule has 2 saturated heterocycles. The van der Waals surface area contributed by atoms with Crippen LogP contribution < -0.4 is 16.2 Å². The third-order valence-electron chi connectivity index (χ3n) is 4.79. The van der Waals surface area contributed by atoms with Gasteiger partial charge in [0.1, 0.15) is 11.6 Å². The van der Waals surface area contributed by atoms with E-state index in [0.29, 0.717) is 19.5 Å². The standard InChI is InChI=1S/C17H22F2N4O2/c18-13-4-3-11(15(19)6-13)8-20-17(25)12-2-1-5-23(10-12)14-7-16(24)22-21-9-14/h3-4,6,12,14,21H,1-2,5,7-10H2,(H,20,25)(H,22,24). The molecule has 0 spiro atoms. The van der Waals surface area contributed by atoms with Crippen molar-refractivity contribution < 1.29 is 18.4 Å². The lowest BCUT2D eigenvalue weighted by Crippen LogP contribution is -2.57. The number of likely N-dealkylation sites (tertiary alicyclic amines) is 1. The second-order valence-electron chi connectivity index (χ2n) is 6.57. The predicted octanol–water partition coefficient (Wildman–Crippen LogP) is 0.686. The molecular weight excluding hydrogens is 330 g/mol. The van der Waals surface area contributed by atoms with Crippen molar-refractivity contribution in [3.63, 3.8) is 0 Å². The van der Waals surface area contributed by atoms with E-state index >= 15 is 0 Å². The van der Waals surface area contributed by atoms with Crippen molar-refractivity contribution >= 4 is 11.8 Å². The summed E-state index contributed by atoms with van der Waals surface area (Å²) in [5.74, 6) is -1.68.